The molecule has 152 valence electrons. The largest absolute Gasteiger partial charge is 0.384 e. The van der Waals surface area contributed by atoms with Crippen LogP contribution in [-0.4, -0.2) is 48.0 Å². The molecule has 3 N–H and O–H groups in total. The van der Waals surface area contributed by atoms with Crippen molar-refractivity contribution in [1.29, 1.82) is 0 Å². The molecule has 7 nitrogen and oxygen atoms in total. The van der Waals surface area contributed by atoms with Crippen LogP contribution >= 0.6 is 0 Å². The zero-order chi connectivity index (χ0) is 20.6. The van der Waals surface area contributed by atoms with E-state index >= 15 is 0 Å². The molecule has 1 aromatic heterocycles. The fourth-order valence-electron chi connectivity index (χ4n) is 2.92. The lowest BCUT2D eigenvalue weighted by atomic mass is 10.2. The summed E-state index contributed by atoms with van der Waals surface area (Å²) in [6.45, 7) is 2.30. The monoisotopic (exact) mass is 393 g/mol. The summed E-state index contributed by atoms with van der Waals surface area (Å²) < 4.78 is 0. The second kappa shape index (κ2) is 9.84. The number of aryl methyl sites for hydroxylation is 1. The van der Waals surface area contributed by atoms with Gasteiger partial charge in [-0.15, -0.1) is 0 Å². The van der Waals surface area contributed by atoms with Gasteiger partial charge in [-0.05, 0) is 43.9 Å². The van der Waals surface area contributed by atoms with Crippen molar-refractivity contribution in [2.45, 2.75) is 19.4 Å². The Labute approximate surface area is 170 Å². The first-order valence-corrected chi connectivity index (χ1v) is 9.73. The Morgan fingerprint density at radius 2 is 1.86 bits per heavy atom. The topological polar surface area (TPSA) is 90.1 Å². The molecule has 3 aromatic rings. The van der Waals surface area contributed by atoms with Crippen molar-refractivity contribution in [3.05, 3.63) is 70.1 Å². The lowest BCUT2D eigenvalue weighted by Crippen LogP contribution is -2.24. The second-order valence-corrected chi connectivity index (χ2v) is 7.23. The van der Waals surface area contributed by atoms with Gasteiger partial charge in [0, 0.05) is 38.2 Å². The summed E-state index contributed by atoms with van der Waals surface area (Å²) >= 11 is 0. The quantitative estimate of drug-likeness (QED) is 0.518. The molecule has 0 bridgehead atoms. The summed E-state index contributed by atoms with van der Waals surface area (Å²) in [4.78, 5) is 33.6. The average Bonchev–Trinajstić information content (AvgIpc) is 2.71. The minimum absolute atomic E-state index is 0.104. The van der Waals surface area contributed by atoms with Crippen LogP contribution in [0.1, 0.15) is 17.7 Å². The molecule has 0 spiro atoms. The molecule has 7 heteroatoms. The van der Waals surface area contributed by atoms with Crippen LogP contribution < -0.4 is 16.2 Å². The number of likely N-dealkylation sites (N-methyl/N-ethyl adjacent to an activating group) is 1. The smallest absolute Gasteiger partial charge is 0.270 e. The first-order valence-electron chi connectivity index (χ1n) is 9.73. The van der Waals surface area contributed by atoms with Gasteiger partial charge in [0.1, 0.15) is 5.69 Å². The van der Waals surface area contributed by atoms with Crippen molar-refractivity contribution >= 4 is 22.6 Å². The Kier molecular flexibility index (Phi) is 6.97. The van der Waals surface area contributed by atoms with E-state index in [1.807, 2.05) is 62.6 Å². The summed E-state index contributed by atoms with van der Waals surface area (Å²) in [5.41, 5.74) is 3.65. The first kappa shape index (κ1) is 20.5. The number of aromatic amines is 1. The number of nitrogens with one attached hydrogen (secondary N) is 3. The number of benzene rings is 2. The number of rotatable bonds is 9. The van der Waals surface area contributed by atoms with E-state index < -0.39 is 0 Å². The highest BCUT2D eigenvalue weighted by Gasteiger charge is 2.08. The molecule has 1 heterocycles. The zero-order valence-electron chi connectivity index (χ0n) is 16.9. The fraction of sp³-hybridized carbons (Fsp3) is 0.318. The molecule has 0 atom stereocenters. The maximum absolute atomic E-state index is 12.2. The van der Waals surface area contributed by atoms with Crippen LogP contribution in [0.3, 0.4) is 0 Å². The Morgan fingerprint density at radius 3 is 2.62 bits per heavy atom. The highest BCUT2D eigenvalue weighted by molar-refractivity contribution is 5.76. The van der Waals surface area contributed by atoms with E-state index in [0.29, 0.717) is 24.2 Å². The highest BCUT2D eigenvalue weighted by atomic mass is 16.1. The van der Waals surface area contributed by atoms with E-state index in [2.05, 4.69) is 25.5 Å². The molecule has 29 heavy (non-hydrogen) atoms. The van der Waals surface area contributed by atoms with Crippen LogP contribution in [0.5, 0.6) is 0 Å². The van der Waals surface area contributed by atoms with Gasteiger partial charge in [-0.2, -0.15) is 0 Å². The molecular weight excluding hydrogens is 366 g/mol. The van der Waals surface area contributed by atoms with Crippen LogP contribution in [0.2, 0.25) is 0 Å². The van der Waals surface area contributed by atoms with Gasteiger partial charge in [-0.1, -0.05) is 24.3 Å². The van der Waals surface area contributed by atoms with Crippen molar-refractivity contribution in [2.75, 3.05) is 32.5 Å². The summed E-state index contributed by atoms with van der Waals surface area (Å²) in [7, 11) is 4.08. The molecule has 0 fully saturated rings. The number of hydrogen-bond acceptors (Lipinski definition) is 5. The third kappa shape index (κ3) is 6.15. The molecule has 0 saturated carbocycles. The Hall–Kier alpha value is -3.19. The van der Waals surface area contributed by atoms with Crippen molar-refractivity contribution in [3.8, 4) is 0 Å². The number of carbonyl (C=O) groups excluding carboxylic acids is 1. The molecule has 0 unspecified atom stereocenters. The fourth-order valence-corrected chi connectivity index (χ4v) is 2.92. The Balaban J connectivity index is 1.46. The average molecular weight is 393 g/mol. The third-order valence-corrected chi connectivity index (χ3v) is 4.59. The Morgan fingerprint density at radius 1 is 1.10 bits per heavy atom. The summed E-state index contributed by atoms with van der Waals surface area (Å²) in [6.07, 6.45) is 0.527. The highest BCUT2D eigenvalue weighted by Crippen LogP contribution is 2.10. The van der Waals surface area contributed by atoms with E-state index in [1.54, 1.807) is 0 Å². The molecule has 0 radical (unpaired) electrons. The molecule has 0 aliphatic rings. The Bertz CT molecular complexity index is 1010. The van der Waals surface area contributed by atoms with Crippen molar-refractivity contribution in [3.63, 3.8) is 0 Å². The van der Waals surface area contributed by atoms with Crippen LogP contribution in [-0.2, 0) is 17.8 Å². The molecule has 2 aromatic carbocycles. The predicted molar refractivity (Wildman–Crippen MR) is 116 cm³/mol. The lowest BCUT2D eigenvalue weighted by Gasteiger charge is -2.12. The second-order valence-electron chi connectivity index (χ2n) is 7.23. The number of nitrogens with zero attached hydrogens (tertiary/aromatic N) is 2. The van der Waals surface area contributed by atoms with Gasteiger partial charge in [0.05, 0.1) is 11.0 Å². The first-order chi connectivity index (χ1) is 14.0. The van der Waals surface area contributed by atoms with Gasteiger partial charge in [0.15, 0.2) is 0 Å². The van der Waals surface area contributed by atoms with Crippen LogP contribution in [0, 0.1) is 0 Å². The van der Waals surface area contributed by atoms with Gasteiger partial charge in [-0.3, -0.25) is 9.59 Å². The number of H-pyrrole nitrogens is 1. The standard InChI is InChI=1S/C22H27N5O2/c1-27(2)14-13-23-17-9-7-16(8-10-17)15-24-21(28)12-11-20-22(29)26-19-6-4-3-5-18(19)25-20/h3-10,23H,11-15H2,1-2H3,(H,24,28)(H,26,29). The number of carbonyl (C=O) groups is 1. The minimum atomic E-state index is -0.242. The molecule has 0 aliphatic carbocycles. The molecule has 0 saturated heterocycles. The number of amides is 1. The van der Waals surface area contributed by atoms with Crippen molar-refractivity contribution < 1.29 is 4.79 Å². The van der Waals surface area contributed by atoms with Gasteiger partial charge in [-0.25, -0.2) is 4.98 Å². The summed E-state index contributed by atoms with van der Waals surface area (Å²) in [5.74, 6) is -0.104. The van der Waals surface area contributed by atoms with Crippen LogP contribution in [0.4, 0.5) is 5.69 Å². The zero-order valence-corrected chi connectivity index (χ0v) is 16.9. The normalized spacial score (nSPS) is 11.0. The van der Waals surface area contributed by atoms with E-state index in [-0.39, 0.29) is 17.9 Å². The van der Waals surface area contributed by atoms with E-state index in [0.717, 1.165) is 29.9 Å². The number of para-hydroxylation sites is 2. The minimum Gasteiger partial charge on any atom is -0.384 e. The van der Waals surface area contributed by atoms with Gasteiger partial charge >= 0.3 is 0 Å². The number of aromatic nitrogens is 2. The summed E-state index contributed by atoms with van der Waals surface area (Å²) in [5, 5.41) is 6.25. The molecule has 1 amide bonds. The van der Waals surface area contributed by atoms with E-state index in [4.69, 9.17) is 0 Å². The van der Waals surface area contributed by atoms with Gasteiger partial charge < -0.3 is 20.5 Å². The molecule has 0 aliphatic heterocycles. The van der Waals surface area contributed by atoms with Gasteiger partial charge in [0.25, 0.3) is 5.56 Å². The molecule has 3 rings (SSSR count). The van der Waals surface area contributed by atoms with Crippen molar-refractivity contribution in [2.24, 2.45) is 0 Å². The number of hydrogen-bond donors (Lipinski definition) is 3. The maximum atomic E-state index is 12.2. The lowest BCUT2D eigenvalue weighted by molar-refractivity contribution is -0.121. The van der Waals surface area contributed by atoms with Crippen molar-refractivity contribution in [1.82, 2.24) is 20.2 Å². The van der Waals surface area contributed by atoms with Crippen LogP contribution in [0.15, 0.2) is 53.3 Å². The molecular formula is C22H27N5O2. The van der Waals surface area contributed by atoms with E-state index in [1.165, 1.54) is 0 Å². The van der Waals surface area contributed by atoms with Crippen LogP contribution in [0.25, 0.3) is 11.0 Å². The number of fused-ring (bicyclic) bond motifs is 1. The third-order valence-electron chi connectivity index (χ3n) is 4.59. The maximum Gasteiger partial charge on any atom is 0.270 e. The predicted octanol–water partition coefficient (Wildman–Crippen LogP) is 2.15. The SMILES string of the molecule is CN(C)CCNc1ccc(CNC(=O)CCc2nc3ccccc3[nH]c2=O)cc1. The van der Waals surface area contributed by atoms with Gasteiger partial charge in [0.2, 0.25) is 5.91 Å². The van der Waals surface area contributed by atoms with E-state index in [9.17, 15) is 9.59 Å². The summed E-state index contributed by atoms with van der Waals surface area (Å²) in [6, 6.07) is 15.4. The number of anilines is 1.